The van der Waals surface area contributed by atoms with Crippen molar-refractivity contribution in [3.05, 3.63) is 74.6 Å². The lowest BCUT2D eigenvalue weighted by Crippen LogP contribution is -2.29. The van der Waals surface area contributed by atoms with Crippen molar-refractivity contribution in [1.82, 2.24) is 10.3 Å². The van der Waals surface area contributed by atoms with E-state index in [1.807, 2.05) is 43.3 Å². The van der Waals surface area contributed by atoms with Gasteiger partial charge in [0.2, 0.25) is 5.91 Å². The summed E-state index contributed by atoms with van der Waals surface area (Å²) in [6, 6.07) is 13.8. The minimum atomic E-state index is -0.187. The van der Waals surface area contributed by atoms with Gasteiger partial charge in [0.1, 0.15) is 6.61 Å². The molecule has 3 aromatic rings. The van der Waals surface area contributed by atoms with Crippen LogP contribution in [-0.4, -0.2) is 29.7 Å². The molecule has 2 atom stereocenters. The molecule has 0 saturated carbocycles. The number of halogens is 1. The molecule has 9 heteroatoms. The third kappa shape index (κ3) is 4.64. The van der Waals surface area contributed by atoms with Gasteiger partial charge in [0.05, 0.1) is 17.8 Å². The topological polar surface area (TPSA) is 66.5 Å². The summed E-state index contributed by atoms with van der Waals surface area (Å²) >= 11 is 11.0. The van der Waals surface area contributed by atoms with Gasteiger partial charge in [-0.05, 0) is 77.0 Å². The van der Waals surface area contributed by atoms with Crippen LogP contribution in [-0.2, 0) is 9.53 Å². The van der Waals surface area contributed by atoms with Crippen molar-refractivity contribution in [1.29, 1.82) is 0 Å². The molecule has 6 nitrogen and oxygen atoms in total. The smallest absolute Gasteiger partial charge is 0.250 e. The van der Waals surface area contributed by atoms with Gasteiger partial charge in [-0.25, -0.2) is 0 Å². The summed E-state index contributed by atoms with van der Waals surface area (Å²) < 4.78 is 5.94. The number of aryl methyl sites for hydroxylation is 1. The number of carbonyl (C=O) groups is 1. The summed E-state index contributed by atoms with van der Waals surface area (Å²) in [4.78, 5) is 19.8. The Morgan fingerprint density at radius 2 is 2.19 bits per heavy atom. The molecule has 0 aliphatic carbocycles. The average Bonchev–Trinajstić information content (AvgIpc) is 3.33. The first-order valence-electron chi connectivity index (χ1n) is 9.62. The zero-order valence-corrected chi connectivity index (χ0v) is 20.2. The Hall–Kier alpha value is -2.33. The summed E-state index contributed by atoms with van der Waals surface area (Å²) in [5.41, 5.74) is 3.58. The molecular weight excluding hydrogens is 496 g/mol. The van der Waals surface area contributed by atoms with E-state index in [0.717, 1.165) is 27.1 Å². The van der Waals surface area contributed by atoms with Crippen LogP contribution in [0.25, 0.3) is 0 Å². The molecule has 0 spiro atoms. The van der Waals surface area contributed by atoms with Crippen molar-refractivity contribution >= 4 is 61.9 Å². The van der Waals surface area contributed by atoms with Crippen molar-refractivity contribution in [2.75, 3.05) is 23.9 Å². The second-order valence-electron chi connectivity index (χ2n) is 7.14. The molecule has 1 aliphatic rings. The van der Waals surface area contributed by atoms with Crippen LogP contribution < -0.4 is 15.5 Å². The maximum atomic E-state index is 11.9. The number of anilines is 2. The van der Waals surface area contributed by atoms with Gasteiger partial charge in [0, 0.05) is 39.4 Å². The standard InChI is InChI=1S/C22H21BrN4O2S2/c1-13-9-15(6-7-16(13)25-19(28)11-29-2)27-21(18-10-14(23)12-31-18)20(26-22(27)30)17-5-3-4-8-24-17/h3-10,12,20-21H,11H2,1-2H3,(H,25,28)(H,26,30)/t20-,21+/m1/s1. The van der Waals surface area contributed by atoms with Gasteiger partial charge in [0.15, 0.2) is 5.11 Å². The Balaban J connectivity index is 1.71. The normalized spacial score (nSPS) is 18.2. The lowest BCUT2D eigenvalue weighted by atomic mass is 10.0. The number of ether oxygens (including phenoxy) is 1. The van der Waals surface area contributed by atoms with E-state index < -0.39 is 0 Å². The number of benzene rings is 1. The first kappa shape index (κ1) is 21.9. The summed E-state index contributed by atoms with van der Waals surface area (Å²) in [6.45, 7) is 1.98. The molecule has 0 unspecified atom stereocenters. The van der Waals surface area contributed by atoms with Crippen molar-refractivity contribution in [3.8, 4) is 0 Å². The number of amides is 1. The van der Waals surface area contributed by atoms with Crippen LogP contribution >= 0.6 is 39.5 Å². The molecule has 2 aromatic heterocycles. The zero-order chi connectivity index (χ0) is 22.0. The number of thiophene rings is 1. The van der Waals surface area contributed by atoms with Crippen LogP contribution in [0.15, 0.2) is 58.5 Å². The number of carbonyl (C=O) groups excluding carboxylic acids is 1. The van der Waals surface area contributed by atoms with Crippen LogP contribution in [0.3, 0.4) is 0 Å². The van der Waals surface area contributed by atoms with Crippen LogP contribution in [0.4, 0.5) is 11.4 Å². The number of nitrogens with zero attached hydrogens (tertiary/aromatic N) is 2. The van der Waals surface area contributed by atoms with Gasteiger partial charge in [-0.1, -0.05) is 6.07 Å². The maximum Gasteiger partial charge on any atom is 0.250 e. The van der Waals surface area contributed by atoms with Gasteiger partial charge in [0.25, 0.3) is 0 Å². The van der Waals surface area contributed by atoms with Crippen LogP contribution in [0, 0.1) is 6.92 Å². The van der Waals surface area contributed by atoms with E-state index in [9.17, 15) is 4.79 Å². The van der Waals surface area contributed by atoms with E-state index in [4.69, 9.17) is 17.0 Å². The summed E-state index contributed by atoms with van der Waals surface area (Å²) in [7, 11) is 1.50. The van der Waals surface area contributed by atoms with E-state index in [-0.39, 0.29) is 24.6 Å². The number of rotatable bonds is 6. The van der Waals surface area contributed by atoms with Gasteiger partial charge < -0.3 is 20.3 Å². The highest BCUT2D eigenvalue weighted by Crippen LogP contribution is 2.44. The van der Waals surface area contributed by atoms with Gasteiger partial charge in [-0.2, -0.15) is 0 Å². The molecule has 4 rings (SSSR count). The second-order valence-corrected chi connectivity index (χ2v) is 9.39. The molecule has 3 heterocycles. The van der Waals surface area contributed by atoms with Crippen LogP contribution in [0.2, 0.25) is 0 Å². The summed E-state index contributed by atoms with van der Waals surface area (Å²) in [5, 5.41) is 9.05. The first-order valence-corrected chi connectivity index (χ1v) is 11.7. The van der Waals surface area contributed by atoms with E-state index in [2.05, 4.69) is 47.9 Å². The molecule has 2 N–H and O–H groups in total. The Kier molecular flexibility index (Phi) is 6.66. The average molecular weight is 517 g/mol. The van der Waals surface area contributed by atoms with Crippen LogP contribution in [0.5, 0.6) is 0 Å². The van der Waals surface area contributed by atoms with Crippen molar-refractivity contribution < 1.29 is 9.53 Å². The van der Waals surface area contributed by atoms with Gasteiger partial charge in [-0.3, -0.25) is 9.78 Å². The van der Waals surface area contributed by atoms with E-state index >= 15 is 0 Å². The van der Waals surface area contributed by atoms with Crippen LogP contribution in [0.1, 0.15) is 28.2 Å². The number of thiocarbonyl (C=S) groups is 1. The number of methoxy groups -OCH3 is 1. The monoisotopic (exact) mass is 516 g/mol. The molecule has 1 aromatic carbocycles. The van der Waals surface area contributed by atoms with E-state index in [0.29, 0.717) is 5.11 Å². The van der Waals surface area contributed by atoms with Gasteiger partial charge >= 0.3 is 0 Å². The van der Waals surface area contributed by atoms with Crippen molar-refractivity contribution in [3.63, 3.8) is 0 Å². The number of nitrogens with one attached hydrogen (secondary N) is 2. The highest BCUT2D eigenvalue weighted by molar-refractivity contribution is 9.10. The summed E-state index contributed by atoms with van der Waals surface area (Å²) in [5.74, 6) is -0.187. The highest BCUT2D eigenvalue weighted by atomic mass is 79.9. The predicted molar refractivity (Wildman–Crippen MR) is 132 cm³/mol. The molecular formula is C22H21BrN4O2S2. The zero-order valence-electron chi connectivity index (χ0n) is 17.0. The largest absolute Gasteiger partial charge is 0.375 e. The lowest BCUT2D eigenvalue weighted by Gasteiger charge is -2.27. The molecule has 1 aliphatic heterocycles. The fraction of sp³-hybridized carbons (Fsp3) is 0.227. The molecule has 0 bridgehead atoms. The number of pyridine rings is 1. The molecule has 160 valence electrons. The molecule has 1 amide bonds. The SMILES string of the molecule is COCC(=O)Nc1ccc(N2C(=S)N[C@H](c3ccccn3)[C@@H]2c2cc(Br)cs2)cc1C. The number of aromatic nitrogens is 1. The second kappa shape index (κ2) is 9.44. The molecule has 0 radical (unpaired) electrons. The number of hydrogen-bond donors (Lipinski definition) is 2. The Morgan fingerprint density at radius 3 is 2.84 bits per heavy atom. The minimum absolute atomic E-state index is 0.0163. The third-order valence-electron chi connectivity index (χ3n) is 5.02. The molecule has 1 saturated heterocycles. The van der Waals surface area contributed by atoms with Crippen molar-refractivity contribution in [2.45, 2.75) is 19.0 Å². The molecule has 31 heavy (non-hydrogen) atoms. The quantitative estimate of drug-likeness (QED) is 0.450. The fourth-order valence-electron chi connectivity index (χ4n) is 3.66. The maximum absolute atomic E-state index is 11.9. The predicted octanol–water partition coefficient (Wildman–Crippen LogP) is 4.98. The van der Waals surface area contributed by atoms with E-state index in [1.54, 1.807) is 17.5 Å². The van der Waals surface area contributed by atoms with E-state index in [1.165, 1.54) is 12.0 Å². The Bertz CT molecular complexity index is 1110. The highest BCUT2D eigenvalue weighted by Gasteiger charge is 2.41. The fourth-order valence-corrected chi connectivity index (χ4v) is 5.58. The molecule has 1 fully saturated rings. The minimum Gasteiger partial charge on any atom is -0.375 e. The third-order valence-corrected chi connectivity index (χ3v) is 7.09. The van der Waals surface area contributed by atoms with Gasteiger partial charge in [-0.15, -0.1) is 11.3 Å². The lowest BCUT2D eigenvalue weighted by molar-refractivity contribution is -0.119. The van der Waals surface area contributed by atoms with Crippen molar-refractivity contribution in [2.24, 2.45) is 0 Å². The first-order chi connectivity index (χ1) is 15.0. The Morgan fingerprint density at radius 1 is 1.35 bits per heavy atom. The number of hydrogen-bond acceptors (Lipinski definition) is 5. The Labute approximate surface area is 198 Å². The summed E-state index contributed by atoms with van der Waals surface area (Å²) in [6.07, 6.45) is 1.80.